The van der Waals surface area contributed by atoms with Gasteiger partial charge in [0.05, 0.1) is 17.3 Å². The van der Waals surface area contributed by atoms with Crippen LogP contribution in [0.2, 0.25) is 0 Å². The first kappa shape index (κ1) is 17.8. The highest BCUT2D eigenvalue weighted by Gasteiger charge is 2.05. The molecule has 3 rings (SSSR count). The molecule has 0 N–H and O–H groups in total. The molecule has 130 valence electrons. The second-order valence-corrected chi connectivity index (χ2v) is 7.72. The quantitative estimate of drug-likeness (QED) is 0.480. The lowest BCUT2D eigenvalue weighted by Crippen LogP contribution is -2.13. The lowest BCUT2D eigenvalue weighted by atomic mass is 10.3. The van der Waals surface area contributed by atoms with E-state index in [0.29, 0.717) is 6.42 Å². The number of thioether (sulfide) groups is 1. The highest BCUT2D eigenvalue weighted by atomic mass is 32.2. The number of amides is 1. The van der Waals surface area contributed by atoms with Crippen molar-refractivity contribution >= 4 is 39.2 Å². The van der Waals surface area contributed by atoms with E-state index >= 15 is 0 Å². The first-order chi connectivity index (χ1) is 12.2. The third-order valence-electron chi connectivity index (χ3n) is 3.80. The number of nitrogens with zero attached hydrogens (tertiary/aromatic N) is 2. The van der Waals surface area contributed by atoms with Crippen LogP contribution >= 0.6 is 23.1 Å². The largest absolute Gasteiger partial charge is 0.497 e. The number of aryl methyl sites for hydroxylation is 1. The van der Waals surface area contributed by atoms with E-state index < -0.39 is 0 Å². The molecule has 0 aliphatic carbocycles. The predicted molar refractivity (Wildman–Crippen MR) is 104 cm³/mol. The number of thiazole rings is 1. The highest BCUT2D eigenvalue weighted by Crippen LogP contribution is 2.22. The van der Waals surface area contributed by atoms with Gasteiger partial charge in [-0.1, -0.05) is 23.5 Å². The third-order valence-corrected chi connectivity index (χ3v) is 6.01. The maximum Gasteiger partial charge on any atom is 0.248 e. The van der Waals surface area contributed by atoms with Crippen molar-refractivity contribution in [2.75, 3.05) is 12.9 Å². The second-order valence-electron chi connectivity index (χ2n) is 5.54. The molecule has 0 saturated carbocycles. The fraction of sp³-hybridized carbons (Fsp3) is 0.263. The van der Waals surface area contributed by atoms with Crippen molar-refractivity contribution in [3.63, 3.8) is 0 Å². The summed E-state index contributed by atoms with van der Waals surface area (Å²) in [7, 11) is 3.61. The zero-order chi connectivity index (χ0) is 17.6. The molecule has 2 aromatic carbocycles. The van der Waals surface area contributed by atoms with E-state index in [2.05, 4.69) is 11.1 Å². The molecule has 0 spiro atoms. The molecule has 1 heterocycles. The van der Waals surface area contributed by atoms with Crippen LogP contribution in [0.4, 0.5) is 0 Å². The van der Waals surface area contributed by atoms with Crippen LogP contribution in [0, 0.1) is 0 Å². The minimum Gasteiger partial charge on any atom is -0.497 e. The average Bonchev–Trinajstić information content (AvgIpc) is 2.95. The summed E-state index contributed by atoms with van der Waals surface area (Å²) < 4.78 is 8.27. The summed E-state index contributed by atoms with van der Waals surface area (Å²) >= 11 is 3.29. The summed E-state index contributed by atoms with van der Waals surface area (Å²) in [5, 5.41) is 0. The average molecular weight is 373 g/mol. The minimum absolute atomic E-state index is 0.0579. The molecule has 6 heteroatoms. The standard InChI is InChI=1S/C19H20N2O2S2/c1-21-16-6-3-4-7-17(16)25-19(21)20-18(22)8-5-13-24-15-11-9-14(23-2)10-12-15/h3-4,6-7,9-12H,5,8,13H2,1-2H3. The number of fused-ring (bicyclic) bond motifs is 1. The normalized spacial score (nSPS) is 11.8. The van der Waals surface area contributed by atoms with E-state index in [9.17, 15) is 4.79 Å². The van der Waals surface area contributed by atoms with Crippen LogP contribution in [0.3, 0.4) is 0 Å². The van der Waals surface area contributed by atoms with Gasteiger partial charge in [-0.15, -0.1) is 11.8 Å². The molecule has 0 fully saturated rings. The van der Waals surface area contributed by atoms with E-state index in [1.165, 1.54) is 4.90 Å². The van der Waals surface area contributed by atoms with Crippen LogP contribution in [-0.4, -0.2) is 23.3 Å². The van der Waals surface area contributed by atoms with E-state index in [4.69, 9.17) is 4.74 Å². The number of rotatable bonds is 6. The summed E-state index contributed by atoms with van der Waals surface area (Å²) in [6, 6.07) is 16.1. The van der Waals surface area contributed by atoms with Crippen molar-refractivity contribution in [2.45, 2.75) is 17.7 Å². The van der Waals surface area contributed by atoms with Crippen LogP contribution in [0.5, 0.6) is 5.75 Å². The lowest BCUT2D eigenvalue weighted by Gasteiger charge is -2.02. The Hall–Kier alpha value is -2.05. The fourth-order valence-electron chi connectivity index (χ4n) is 2.44. The van der Waals surface area contributed by atoms with Crippen molar-refractivity contribution in [3.8, 4) is 5.75 Å². The molecule has 0 atom stereocenters. The predicted octanol–water partition coefficient (Wildman–Crippen LogP) is 4.25. The Morgan fingerprint density at radius 3 is 2.68 bits per heavy atom. The Kier molecular flexibility index (Phi) is 5.94. The van der Waals surface area contributed by atoms with Gasteiger partial charge >= 0.3 is 0 Å². The second kappa shape index (κ2) is 8.36. The number of hydrogen-bond acceptors (Lipinski definition) is 4. The van der Waals surface area contributed by atoms with Gasteiger partial charge in [-0.2, -0.15) is 4.99 Å². The zero-order valence-electron chi connectivity index (χ0n) is 14.3. The third kappa shape index (κ3) is 4.52. The highest BCUT2D eigenvalue weighted by molar-refractivity contribution is 7.99. The summed E-state index contributed by atoms with van der Waals surface area (Å²) in [5.74, 6) is 1.69. The Balaban J connectivity index is 1.54. The van der Waals surface area contributed by atoms with Gasteiger partial charge in [0.15, 0.2) is 4.80 Å². The van der Waals surface area contributed by atoms with Crippen molar-refractivity contribution in [1.29, 1.82) is 0 Å². The summed E-state index contributed by atoms with van der Waals surface area (Å²) in [4.78, 5) is 18.4. The Bertz CT molecular complexity index is 926. The van der Waals surface area contributed by atoms with E-state index in [1.807, 2.05) is 54.1 Å². The molecule has 1 amide bonds. The van der Waals surface area contributed by atoms with Crippen molar-refractivity contribution < 1.29 is 9.53 Å². The molecular formula is C19H20N2O2S2. The van der Waals surface area contributed by atoms with Crippen LogP contribution in [-0.2, 0) is 11.8 Å². The van der Waals surface area contributed by atoms with Crippen LogP contribution < -0.4 is 9.54 Å². The number of carbonyl (C=O) groups is 1. The van der Waals surface area contributed by atoms with Crippen molar-refractivity contribution in [1.82, 2.24) is 4.57 Å². The lowest BCUT2D eigenvalue weighted by molar-refractivity contribution is -0.118. The maximum atomic E-state index is 12.1. The Morgan fingerprint density at radius 2 is 1.96 bits per heavy atom. The summed E-state index contributed by atoms with van der Waals surface area (Å²) in [6.45, 7) is 0. The molecule has 1 aromatic heterocycles. The topological polar surface area (TPSA) is 43.6 Å². The Morgan fingerprint density at radius 1 is 1.20 bits per heavy atom. The molecule has 25 heavy (non-hydrogen) atoms. The molecule has 0 aliphatic heterocycles. The van der Waals surface area contributed by atoms with Gasteiger partial charge in [0.1, 0.15) is 5.75 Å². The number of carbonyl (C=O) groups excluding carboxylic acids is 1. The van der Waals surface area contributed by atoms with Gasteiger partial charge in [-0.3, -0.25) is 4.79 Å². The summed E-state index contributed by atoms with van der Waals surface area (Å²) in [5.41, 5.74) is 1.11. The zero-order valence-corrected chi connectivity index (χ0v) is 15.9. The number of hydrogen-bond donors (Lipinski definition) is 0. The molecule has 3 aromatic rings. The van der Waals surface area contributed by atoms with Gasteiger partial charge in [-0.25, -0.2) is 0 Å². The smallest absolute Gasteiger partial charge is 0.248 e. The fourth-order valence-corrected chi connectivity index (χ4v) is 4.32. The molecule has 0 radical (unpaired) electrons. The van der Waals surface area contributed by atoms with Gasteiger partial charge in [-0.05, 0) is 48.6 Å². The summed E-state index contributed by atoms with van der Waals surface area (Å²) in [6.07, 6.45) is 1.28. The first-order valence-electron chi connectivity index (χ1n) is 8.06. The van der Waals surface area contributed by atoms with Crippen LogP contribution in [0.1, 0.15) is 12.8 Å². The van der Waals surface area contributed by atoms with Gasteiger partial charge in [0.2, 0.25) is 5.91 Å². The first-order valence-corrected chi connectivity index (χ1v) is 9.86. The number of ether oxygens (including phenoxy) is 1. The van der Waals surface area contributed by atoms with Gasteiger partial charge in [0, 0.05) is 18.4 Å². The van der Waals surface area contributed by atoms with Crippen LogP contribution in [0.15, 0.2) is 58.4 Å². The van der Waals surface area contributed by atoms with Crippen molar-refractivity contribution in [3.05, 3.63) is 53.3 Å². The number of aromatic nitrogens is 1. The van der Waals surface area contributed by atoms with Gasteiger partial charge < -0.3 is 9.30 Å². The monoisotopic (exact) mass is 372 g/mol. The molecule has 0 unspecified atom stereocenters. The van der Waals surface area contributed by atoms with Crippen molar-refractivity contribution in [2.24, 2.45) is 12.0 Å². The van der Waals surface area contributed by atoms with E-state index in [0.717, 1.165) is 32.9 Å². The minimum atomic E-state index is -0.0579. The molecular weight excluding hydrogens is 352 g/mol. The van der Waals surface area contributed by atoms with Crippen LogP contribution in [0.25, 0.3) is 10.2 Å². The molecule has 0 bridgehead atoms. The molecule has 0 saturated heterocycles. The van der Waals surface area contributed by atoms with E-state index in [1.54, 1.807) is 30.2 Å². The molecule has 4 nitrogen and oxygen atoms in total. The van der Waals surface area contributed by atoms with E-state index in [-0.39, 0.29) is 5.91 Å². The molecule has 0 aliphatic rings. The number of para-hydroxylation sites is 1. The SMILES string of the molecule is COc1ccc(SCCCC(=O)N=c2sc3ccccc3n2C)cc1. The van der Waals surface area contributed by atoms with Gasteiger partial charge in [0.25, 0.3) is 0 Å². The Labute approximate surface area is 155 Å². The number of methoxy groups -OCH3 is 1. The number of benzene rings is 2. The maximum absolute atomic E-state index is 12.1.